The third-order valence-electron chi connectivity index (χ3n) is 4.54. The minimum absolute atomic E-state index is 0.623. The van der Waals surface area contributed by atoms with E-state index in [-0.39, 0.29) is 0 Å². The van der Waals surface area contributed by atoms with E-state index < -0.39 is 0 Å². The van der Waals surface area contributed by atoms with E-state index in [1.807, 2.05) is 6.07 Å². The highest BCUT2D eigenvalue weighted by Gasteiger charge is 2.24. The molecule has 0 heterocycles. The zero-order chi connectivity index (χ0) is 14.2. The first-order valence-electron chi connectivity index (χ1n) is 8.27. The Kier molecular flexibility index (Phi) is 6.89. The fourth-order valence-electron chi connectivity index (χ4n) is 3.44. The molecule has 1 aliphatic rings. The van der Waals surface area contributed by atoms with Gasteiger partial charge in [0.1, 0.15) is 0 Å². The second-order valence-corrected chi connectivity index (χ2v) is 6.55. The fraction of sp³-hybridized carbons (Fsp3) is 0.667. The lowest BCUT2D eigenvalue weighted by atomic mass is 9.81. The van der Waals surface area contributed by atoms with Gasteiger partial charge >= 0.3 is 0 Å². The SMILES string of the molecule is CCCNCC(c1cccc(Cl)c1)C1CCCCCC1. The molecule has 0 aromatic heterocycles. The molecule has 1 aliphatic carbocycles. The molecule has 1 nitrogen and oxygen atoms in total. The molecule has 1 aromatic carbocycles. The van der Waals surface area contributed by atoms with Gasteiger partial charge in [-0.25, -0.2) is 0 Å². The van der Waals surface area contributed by atoms with Crippen LogP contribution in [0.1, 0.15) is 63.4 Å². The summed E-state index contributed by atoms with van der Waals surface area (Å²) in [7, 11) is 0. The van der Waals surface area contributed by atoms with Gasteiger partial charge in [0.15, 0.2) is 0 Å². The molecule has 1 saturated carbocycles. The lowest BCUT2D eigenvalue weighted by Gasteiger charge is -2.27. The summed E-state index contributed by atoms with van der Waals surface area (Å²) in [5, 5.41) is 4.50. The first-order chi connectivity index (χ1) is 9.81. The van der Waals surface area contributed by atoms with Gasteiger partial charge in [-0.1, -0.05) is 56.3 Å². The van der Waals surface area contributed by atoms with Crippen LogP contribution in [-0.4, -0.2) is 13.1 Å². The van der Waals surface area contributed by atoms with Gasteiger partial charge in [0.05, 0.1) is 0 Å². The van der Waals surface area contributed by atoms with Crippen molar-refractivity contribution in [2.45, 2.75) is 57.8 Å². The zero-order valence-corrected chi connectivity index (χ0v) is 13.5. The molecule has 0 saturated heterocycles. The molecule has 0 bridgehead atoms. The van der Waals surface area contributed by atoms with Crippen molar-refractivity contribution >= 4 is 11.6 Å². The Labute approximate surface area is 129 Å². The second-order valence-electron chi connectivity index (χ2n) is 6.12. The van der Waals surface area contributed by atoms with Gasteiger partial charge < -0.3 is 5.32 Å². The van der Waals surface area contributed by atoms with Gasteiger partial charge in [-0.15, -0.1) is 0 Å². The van der Waals surface area contributed by atoms with Crippen LogP contribution in [-0.2, 0) is 0 Å². The molecular formula is C18H28ClN. The predicted octanol–water partition coefficient (Wildman–Crippen LogP) is 5.39. The van der Waals surface area contributed by atoms with Gasteiger partial charge in [0.25, 0.3) is 0 Å². The van der Waals surface area contributed by atoms with Gasteiger partial charge in [-0.3, -0.25) is 0 Å². The van der Waals surface area contributed by atoms with Crippen LogP contribution in [0.2, 0.25) is 5.02 Å². The fourth-order valence-corrected chi connectivity index (χ4v) is 3.64. The average Bonchev–Trinajstić information content (AvgIpc) is 2.72. The smallest absolute Gasteiger partial charge is 0.0408 e. The van der Waals surface area contributed by atoms with Crippen LogP contribution in [0.4, 0.5) is 0 Å². The van der Waals surface area contributed by atoms with Gasteiger partial charge in [0.2, 0.25) is 0 Å². The van der Waals surface area contributed by atoms with Crippen LogP contribution < -0.4 is 5.32 Å². The van der Waals surface area contributed by atoms with Crippen molar-refractivity contribution in [2.75, 3.05) is 13.1 Å². The van der Waals surface area contributed by atoms with Crippen LogP contribution in [0.25, 0.3) is 0 Å². The monoisotopic (exact) mass is 293 g/mol. The summed E-state index contributed by atoms with van der Waals surface area (Å²) < 4.78 is 0. The second kappa shape index (κ2) is 8.69. The van der Waals surface area contributed by atoms with Crippen LogP contribution in [0.5, 0.6) is 0 Å². The quantitative estimate of drug-likeness (QED) is 0.547. The number of benzene rings is 1. The molecular weight excluding hydrogens is 266 g/mol. The topological polar surface area (TPSA) is 12.0 Å². The maximum atomic E-state index is 6.20. The van der Waals surface area contributed by atoms with Crippen LogP contribution in [0.15, 0.2) is 24.3 Å². The van der Waals surface area contributed by atoms with Crippen LogP contribution in [0.3, 0.4) is 0 Å². The van der Waals surface area contributed by atoms with Crippen molar-refractivity contribution < 1.29 is 0 Å². The summed E-state index contributed by atoms with van der Waals surface area (Å²) in [5.74, 6) is 1.44. The first-order valence-corrected chi connectivity index (χ1v) is 8.65. The summed E-state index contributed by atoms with van der Waals surface area (Å²) in [6.45, 7) is 4.44. The van der Waals surface area contributed by atoms with E-state index in [2.05, 4.69) is 30.4 Å². The van der Waals surface area contributed by atoms with Crippen molar-refractivity contribution in [1.29, 1.82) is 0 Å². The third kappa shape index (κ3) is 4.79. The Morgan fingerprint density at radius 3 is 2.60 bits per heavy atom. The highest BCUT2D eigenvalue weighted by atomic mass is 35.5. The van der Waals surface area contributed by atoms with Crippen molar-refractivity contribution in [3.8, 4) is 0 Å². The van der Waals surface area contributed by atoms with E-state index in [9.17, 15) is 0 Å². The molecule has 0 aliphatic heterocycles. The summed E-state index contributed by atoms with van der Waals surface area (Å²) in [6, 6.07) is 8.51. The Hall–Kier alpha value is -0.530. The number of hydrogen-bond acceptors (Lipinski definition) is 1. The highest BCUT2D eigenvalue weighted by Crippen LogP contribution is 2.35. The Morgan fingerprint density at radius 2 is 1.95 bits per heavy atom. The third-order valence-corrected chi connectivity index (χ3v) is 4.77. The number of nitrogens with one attached hydrogen (secondary N) is 1. The van der Waals surface area contributed by atoms with E-state index in [4.69, 9.17) is 11.6 Å². The van der Waals surface area contributed by atoms with E-state index in [1.165, 1.54) is 50.5 Å². The van der Waals surface area contributed by atoms with Crippen LogP contribution in [0, 0.1) is 5.92 Å². The molecule has 2 heteroatoms. The van der Waals surface area contributed by atoms with Crippen molar-refractivity contribution in [3.05, 3.63) is 34.9 Å². The Bertz CT molecular complexity index is 383. The van der Waals surface area contributed by atoms with Gasteiger partial charge in [0, 0.05) is 11.6 Å². The lowest BCUT2D eigenvalue weighted by molar-refractivity contribution is 0.361. The molecule has 1 atom stereocenters. The average molecular weight is 294 g/mol. The zero-order valence-electron chi connectivity index (χ0n) is 12.7. The summed E-state index contributed by atoms with van der Waals surface area (Å²) in [4.78, 5) is 0. The van der Waals surface area contributed by atoms with Crippen molar-refractivity contribution in [1.82, 2.24) is 5.32 Å². The minimum Gasteiger partial charge on any atom is -0.316 e. The first kappa shape index (κ1) is 15.9. The maximum Gasteiger partial charge on any atom is 0.0408 e. The van der Waals surface area contributed by atoms with E-state index in [0.29, 0.717) is 5.92 Å². The lowest BCUT2D eigenvalue weighted by Crippen LogP contribution is -2.27. The maximum absolute atomic E-state index is 6.20. The molecule has 0 spiro atoms. The summed E-state index contributed by atoms with van der Waals surface area (Å²) >= 11 is 6.20. The molecule has 1 unspecified atom stereocenters. The van der Waals surface area contributed by atoms with E-state index >= 15 is 0 Å². The Balaban J connectivity index is 2.10. The molecule has 2 rings (SSSR count). The summed E-state index contributed by atoms with van der Waals surface area (Å²) in [5.41, 5.74) is 1.42. The van der Waals surface area contributed by atoms with E-state index in [1.54, 1.807) is 0 Å². The van der Waals surface area contributed by atoms with E-state index in [0.717, 1.165) is 24.0 Å². The standard InChI is InChI=1S/C18H28ClN/c1-2-12-20-14-18(15-8-5-3-4-6-9-15)16-10-7-11-17(19)13-16/h7,10-11,13,15,18,20H,2-6,8-9,12,14H2,1H3. The summed E-state index contributed by atoms with van der Waals surface area (Å²) in [6.07, 6.45) is 9.59. The molecule has 0 radical (unpaired) electrons. The normalized spacial score (nSPS) is 18.7. The molecule has 1 aromatic rings. The molecule has 1 fully saturated rings. The molecule has 112 valence electrons. The largest absolute Gasteiger partial charge is 0.316 e. The van der Waals surface area contributed by atoms with Crippen LogP contribution >= 0.6 is 11.6 Å². The van der Waals surface area contributed by atoms with Gasteiger partial charge in [-0.2, -0.15) is 0 Å². The molecule has 1 N–H and O–H groups in total. The van der Waals surface area contributed by atoms with Crippen molar-refractivity contribution in [3.63, 3.8) is 0 Å². The number of halogens is 1. The number of hydrogen-bond donors (Lipinski definition) is 1. The van der Waals surface area contributed by atoms with Crippen molar-refractivity contribution in [2.24, 2.45) is 5.92 Å². The Morgan fingerprint density at radius 1 is 1.20 bits per heavy atom. The molecule has 20 heavy (non-hydrogen) atoms. The number of rotatable bonds is 6. The highest BCUT2D eigenvalue weighted by molar-refractivity contribution is 6.30. The molecule has 0 amide bonds. The minimum atomic E-state index is 0.623. The van der Waals surface area contributed by atoms with Gasteiger partial charge in [-0.05, 0) is 55.3 Å². The predicted molar refractivity (Wildman–Crippen MR) is 88.5 cm³/mol.